The Balaban J connectivity index is 0.873. The first-order chi connectivity index (χ1) is 24.1. The second-order valence-electron chi connectivity index (χ2n) is 15.3. The van der Waals surface area contributed by atoms with Crippen molar-refractivity contribution in [1.29, 1.82) is 0 Å². The molecule has 2 aromatic rings. The van der Waals surface area contributed by atoms with Crippen LogP contribution < -0.4 is 41.3 Å². The number of benzene rings is 2. The Bertz CT molecular complexity index is 1710. The lowest BCUT2D eigenvalue weighted by molar-refractivity contribution is -0.121. The summed E-state index contributed by atoms with van der Waals surface area (Å²) in [6.07, 6.45) is 12.3. The number of carbonyl (C=O) groups excluding carboxylic acids is 3. The molecule has 50 heavy (non-hydrogen) atoms. The molecule has 3 atom stereocenters. The number of nitrogens with one attached hydrogen (secondary N) is 4. The Morgan fingerprint density at radius 3 is 2.46 bits per heavy atom. The summed E-state index contributed by atoms with van der Waals surface area (Å²) in [7, 11) is 4.20. The van der Waals surface area contributed by atoms with E-state index in [4.69, 9.17) is 0 Å². The van der Waals surface area contributed by atoms with Crippen molar-refractivity contribution in [2.24, 2.45) is 0 Å². The number of carbonyl (C=O) groups is 3. The third kappa shape index (κ3) is 8.49. The van der Waals surface area contributed by atoms with Gasteiger partial charge in [0.1, 0.15) is 13.1 Å². The average Bonchev–Trinajstić information content (AvgIpc) is 3.64. The first kappa shape index (κ1) is 36.3. The van der Waals surface area contributed by atoms with Gasteiger partial charge in [-0.3, -0.25) is 9.59 Å². The van der Waals surface area contributed by atoms with Crippen molar-refractivity contribution in [3.63, 3.8) is 0 Å². The van der Waals surface area contributed by atoms with Crippen molar-refractivity contribution in [3.05, 3.63) is 63.2 Å². The molecule has 4 amide bonds. The zero-order chi connectivity index (χ0) is 35.3. The second-order valence-corrected chi connectivity index (χ2v) is 16.6. The van der Waals surface area contributed by atoms with Crippen molar-refractivity contribution in [2.45, 2.75) is 107 Å². The number of unbranched alkanes of at least 4 members (excludes halogenated alkanes) is 3. The summed E-state index contributed by atoms with van der Waals surface area (Å²) in [6, 6.07) is 12.1. The lowest BCUT2D eigenvalue weighted by atomic mass is 9.71. The van der Waals surface area contributed by atoms with Crippen molar-refractivity contribution >= 4 is 41.4 Å². The zero-order valence-corrected chi connectivity index (χ0v) is 31.4. The SMILES string of the molecule is CN(C)c1ccc2c(c1)C(C)(C)c1cc3c(cc1=C2)CCC[N+]=3CCCC(=O)NCCCCCNC(=O)CCCC[C@@H]1SC[C@H]2NC(=O)N[C@H]12. The number of anilines is 1. The molecule has 3 heterocycles. The minimum Gasteiger partial charge on any atom is -0.378 e. The topological polar surface area (TPSA) is 106 Å². The highest BCUT2D eigenvalue weighted by molar-refractivity contribution is 8.00. The summed E-state index contributed by atoms with van der Waals surface area (Å²) in [4.78, 5) is 38.6. The standard InChI is InChI=1S/C40H56N6O3S/c1-40(2)31-24-30(45(3)4)17-16-27(31)22-29-23-28-12-10-20-46(34(28)25-32(29)40)21-11-15-37(48)42-19-9-5-8-18-41-36(47)14-7-6-13-35-38-33(26-50-35)43-39(49)44-38/h16-17,22-25,33,35,38H,5-15,18-21,26H2,1-4H3,(H3-,41,42,43,44,47,48,49)/p+1/t33-,35+,38+/m1/s1. The fourth-order valence-electron chi connectivity index (χ4n) is 8.19. The van der Waals surface area contributed by atoms with Gasteiger partial charge in [0.15, 0.2) is 0 Å². The van der Waals surface area contributed by atoms with Gasteiger partial charge in [-0.2, -0.15) is 11.8 Å². The van der Waals surface area contributed by atoms with E-state index < -0.39 is 0 Å². The van der Waals surface area contributed by atoms with Crippen molar-refractivity contribution in [2.75, 3.05) is 50.9 Å². The summed E-state index contributed by atoms with van der Waals surface area (Å²) >= 11 is 1.92. The Kier molecular flexibility index (Phi) is 11.8. The van der Waals surface area contributed by atoms with E-state index in [0.29, 0.717) is 31.2 Å². The van der Waals surface area contributed by atoms with Crippen LogP contribution >= 0.6 is 11.8 Å². The number of fused-ring (bicyclic) bond motifs is 4. The molecule has 0 saturated carbocycles. The smallest absolute Gasteiger partial charge is 0.315 e. The van der Waals surface area contributed by atoms with Gasteiger partial charge in [-0.1, -0.05) is 26.3 Å². The maximum atomic E-state index is 12.6. The maximum absolute atomic E-state index is 12.6. The van der Waals surface area contributed by atoms with E-state index in [1.54, 1.807) is 0 Å². The first-order valence-electron chi connectivity index (χ1n) is 18.9. The third-order valence-electron chi connectivity index (χ3n) is 11.1. The number of rotatable bonds is 16. The summed E-state index contributed by atoms with van der Waals surface area (Å²) in [5.41, 5.74) is 6.63. The monoisotopic (exact) mass is 701 g/mol. The molecule has 4 aliphatic rings. The molecular formula is C40H57N6O3S+. The number of aryl methyl sites for hydroxylation is 1. The molecule has 2 saturated heterocycles. The normalized spacial score (nSPS) is 21.2. The quantitative estimate of drug-likeness (QED) is 0.122. The van der Waals surface area contributed by atoms with E-state index in [1.165, 1.54) is 38.5 Å². The molecule has 0 radical (unpaired) electrons. The molecule has 2 fully saturated rings. The minimum atomic E-state index is -0.0935. The fraction of sp³-hybridized carbons (Fsp3) is 0.600. The number of hydrogen-bond acceptors (Lipinski definition) is 5. The molecule has 0 aromatic heterocycles. The van der Waals surface area contributed by atoms with E-state index in [2.05, 4.69) is 95.1 Å². The summed E-state index contributed by atoms with van der Waals surface area (Å²) in [5, 5.41) is 15.3. The first-order valence-corrected chi connectivity index (χ1v) is 20.0. The molecule has 9 nitrogen and oxygen atoms in total. The highest BCUT2D eigenvalue weighted by Gasteiger charge is 2.42. The molecule has 10 heteroatoms. The Hall–Kier alpha value is -3.53. The largest absolute Gasteiger partial charge is 0.378 e. The van der Waals surface area contributed by atoms with Gasteiger partial charge in [0.2, 0.25) is 17.2 Å². The van der Waals surface area contributed by atoms with Crippen LogP contribution in [0.25, 0.3) is 6.08 Å². The summed E-state index contributed by atoms with van der Waals surface area (Å²) < 4.78 is 2.50. The molecule has 270 valence electrons. The van der Waals surface area contributed by atoms with Crippen LogP contribution in [-0.2, 0) is 21.4 Å². The summed E-state index contributed by atoms with van der Waals surface area (Å²) in [5.74, 6) is 1.22. The number of nitrogens with zero attached hydrogens (tertiary/aromatic N) is 2. The average molecular weight is 702 g/mol. The third-order valence-corrected chi connectivity index (χ3v) is 12.6. The molecule has 4 N–H and O–H groups in total. The maximum Gasteiger partial charge on any atom is 0.315 e. The molecule has 0 bridgehead atoms. The van der Waals surface area contributed by atoms with Crippen LogP contribution in [0.1, 0.15) is 100 Å². The van der Waals surface area contributed by atoms with E-state index >= 15 is 0 Å². The van der Waals surface area contributed by atoms with Crippen molar-refractivity contribution in [1.82, 2.24) is 25.8 Å². The van der Waals surface area contributed by atoms with Gasteiger partial charge < -0.3 is 26.2 Å². The fourth-order valence-corrected chi connectivity index (χ4v) is 9.73. The van der Waals surface area contributed by atoms with Gasteiger partial charge in [-0.25, -0.2) is 9.37 Å². The molecule has 2 aromatic carbocycles. The number of hydrogen-bond donors (Lipinski definition) is 4. The molecular weight excluding hydrogens is 645 g/mol. The molecule has 1 aliphatic carbocycles. The van der Waals surface area contributed by atoms with Crippen molar-refractivity contribution < 1.29 is 14.4 Å². The van der Waals surface area contributed by atoms with Gasteiger partial charge in [-0.05, 0) is 84.7 Å². The van der Waals surface area contributed by atoms with E-state index in [-0.39, 0.29) is 35.3 Å². The van der Waals surface area contributed by atoms with Crippen LogP contribution in [0.4, 0.5) is 10.5 Å². The lowest BCUT2D eigenvalue weighted by Gasteiger charge is -2.33. The zero-order valence-electron chi connectivity index (χ0n) is 30.5. The van der Waals surface area contributed by atoms with E-state index in [9.17, 15) is 14.4 Å². The number of urea groups is 1. The second kappa shape index (κ2) is 16.2. The predicted octanol–water partition coefficient (Wildman–Crippen LogP) is 3.57. The van der Waals surface area contributed by atoms with Crippen LogP contribution in [0, 0.1) is 0 Å². The highest BCUT2D eigenvalue weighted by atomic mass is 32.2. The Labute approximate surface area is 302 Å². The lowest BCUT2D eigenvalue weighted by Crippen LogP contribution is -2.42. The van der Waals surface area contributed by atoms with Gasteiger partial charge >= 0.3 is 6.03 Å². The van der Waals surface area contributed by atoms with Crippen LogP contribution in [0.15, 0.2) is 30.3 Å². The van der Waals surface area contributed by atoms with Crippen LogP contribution in [0.3, 0.4) is 0 Å². The van der Waals surface area contributed by atoms with Crippen molar-refractivity contribution in [3.8, 4) is 0 Å². The molecule has 0 spiro atoms. The number of amides is 4. The summed E-state index contributed by atoms with van der Waals surface area (Å²) in [6.45, 7) is 8.00. The van der Waals surface area contributed by atoms with Crippen LogP contribution in [0.2, 0.25) is 0 Å². The van der Waals surface area contributed by atoms with Gasteiger partial charge in [0.25, 0.3) is 0 Å². The van der Waals surface area contributed by atoms with E-state index in [1.807, 2.05) is 11.8 Å². The number of thioether (sulfide) groups is 1. The predicted molar refractivity (Wildman–Crippen MR) is 205 cm³/mol. The molecule has 0 unspecified atom stereocenters. The van der Waals surface area contributed by atoms with Gasteiger partial charge in [-0.15, -0.1) is 0 Å². The van der Waals surface area contributed by atoms with Gasteiger partial charge in [0.05, 0.1) is 12.1 Å². The Morgan fingerprint density at radius 1 is 0.940 bits per heavy atom. The highest BCUT2D eigenvalue weighted by Crippen LogP contribution is 2.37. The molecule has 3 aliphatic heterocycles. The van der Waals surface area contributed by atoms with Gasteiger partial charge in [0, 0.05) is 86.6 Å². The van der Waals surface area contributed by atoms with Crippen LogP contribution in [0.5, 0.6) is 0 Å². The molecule has 6 rings (SSSR count). The van der Waals surface area contributed by atoms with E-state index in [0.717, 1.165) is 76.6 Å². The van der Waals surface area contributed by atoms with Crippen LogP contribution in [-0.4, -0.2) is 81.2 Å². The minimum absolute atomic E-state index is 0.0465. The Morgan fingerprint density at radius 2 is 1.70 bits per heavy atom.